The van der Waals surface area contributed by atoms with Crippen LogP contribution >= 0.6 is 0 Å². The number of nitrogens with two attached hydrogens (primary N) is 1. The Hall–Kier alpha value is -1.23. The molecular weight excluding hydrogens is 136 g/mol. The van der Waals surface area contributed by atoms with Crippen LogP contribution in [0.3, 0.4) is 0 Å². The second-order valence-electron chi connectivity index (χ2n) is 2.07. The predicted octanol–water partition coefficient (Wildman–Crippen LogP) is -2.24. The summed E-state index contributed by atoms with van der Waals surface area (Å²) in [4.78, 5) is 31.1. The van der Waals surface area contributed by atoms with Gasteiger partial charge in [-0.15, -0.1) is 0 Å². The zero-order chi connectivity index (χ0) is 7.56. The SMILES string of the molecule is O=CC1CC(=O)[NH2+]C(=O)N1. The van der Waals surface area contributed by atoms with E-state index < -0.39 is 12.1 Å². The third-order valence-corrected chi connectivity index (χ3v) is 1.21. The van der Waals surface area contributed by atoms with Gasteiger partial charge in [0, 0.05) is 0 Å². The molecule has 54 valence electrons. The van der Waals surface area contributed by atoms with Crippen LogP contribution in [0.15, 0.2) is 0 Å². The standard InChI is InChI=1S/C5H6N2O3/c8-2-3-1-4(9)7-5(10)6-3/h2-3H,1H2,(H2,6,7,9,10)/p+1. The Morgan fingerprint density at radius 2 is 2.30 bits per heavy atom. The first-order valence-electron chi connectivity index (χ1n) is 2.86. The third-order valence-electron chi connectivity index (χ3n) is 1.21. The van der Waals surface area contributed by atoms with Crippen molar-refractivity contribution in [3.8, 4) is 0 Å². The van der Waals surface area contributed by atoms with E-state index in [0.29, 0.717) is 6.29 Å². The number of aldehydes is 1. The summed E-state index contributed by atoms with van der Waals surface area (Å²) in [7, 11) is 0. The van der Waals surface area contributed by atoms with Crippen LogP contribution in [-0.4, -0.2) is 24.3 Å². The first kappa shape index (κ1) is 6.88. The first-order chi connectivity index (χ1) is 4.72. The molecule has 0 aliphatic carbocycles. The van der Waals surface area contributed by atoms with Crippen LogP contribution in [0, 0.1) is 0 Å². The van der Waals surface area contributed by atoms with E-state index in [1.807, 2.05) is 0 Å². The van der Waals surface area contributed by atoms with E-state index in [4.69, 9.17) is 0 Å². The lowest BCUT2D eigenvalue weighted by atomic mass is 10.2. The fourth-order valence-electron chi connectivity index (χ4n) is 0.779. The molecule has 0 saturated carbocycles. The van der Waals surface area contributed by atoms with Crippen LogP contribution in [0.1, 0.15) is 6.42 Å². The van der Waals surface area contributed by atoms with Gasteiger partial charge in [0.2, 0.25) is 0 Å². The smallest absolute Gasteiger partial charge is 0.301 e. The van der Waals surface area contributed by atoms with Crippen LogP contribution in [-0.2, 0) is 9.59 Å². The number of quaternary nitrogens is 1. The summed E-state index contributed by atoms with van der Waals surface area (Å²) in [6, 6.07) is -1.10. The van der Waals surface area contributed by atoms with E-state index in [1.54, 1.807) is 0 Å². The van der Waals surface area contributed by atoms with Crippen LogP contribution in [0.25, 0.3) is 0 Å². The van der Waals surface area contributed by atoms with E-state index >= 15 is 0 Å². The molecule has 0 aromatic rings. The summed E-state index contributed by atoms with van der Waals surface area (Å²) in [6.07, 6.45) is 0.651. The molecule has 1 heterocycles. The molecule has 5 nitrogen and oxygen atoms in total. The largest absolute Gasteiger partial charge is 0.421 e. The van der Waals surface area contributed by atoms with E-state index in [1.165, 1.54) is 0 Å². The average molecular weight is 143 g/mol. The second-order valence-corrected chi connectivity index (χ2v) is 2.07. The van der Waals surface area contributed by atoms with Crippen molar-refractivity contribution in [2.45, 2.75) is 12.5 Å². The number of hydrogen-bond donors (Lipinski definition) is 2. The van der Waals surface area contributed by atoms with Gasteiger partial charge in [-0.1, -0.05) is 0 Å². The lowest BCUT2D eigenvalue weighted by molar-refractivity contribution is -0.476. The summed E-state index contributed by atoms with van der Waals surface area (Å²) < 4.78 is 0. The highest BCUT2D eigenvalue weighted by Crippen LogP contribution is 1.87. The molecular formula is C5H7N2O3+. The fourth-order valence-corrected chi connectivity index (χ4v) is 0.779. The molecule has 0 spiro atoms. The minimum Gasteiger partial charge on any atom is -0.301 e. The van der Waals surface area contributed by atoms with Crippen LogP contribution < -0.4 is 10.6 Å². The molecule has 1 unspecified atom stereocenters. The van der Waals surface area contributed by atoms with Crippen molar-refractivity contribution in [3.63, 3.8) is 0 Å². The number of carbonyl (C=O) groups excluding carboxylic acids is 3. The summed E-state index contributed by atoms with van der Waals surface area (Å²) in [5.41, 5.74) is 0. The number of amides is 3. The van der Waals surface area contributed by atoms with Gasteiger partial charge >= 0.3 is 11.9 Å². The monoisotopic (exact) mass is 143 g/mol. The molecule has 1 aliphatic heterocycles. The molecule has 10 heavy (non-hydrogen) atoms. The Kier molecular flexibility index (Phi) is 1.77. The predicted molar refractivity (Wildman–Crippen MR) is 29.9 cm³/mol. The molecule has 5 heteroatoms. The lowest BCUT2D eigenvalue weighted by Crippen LogP contribution is -2.97. The summed E-state index contributed by atoms with van der Waals surface area (Å²) in [5.74, 6) is -0.291. The Bertz CT molecular complexity index is 173. The van der Waals surface area contributed by atoms with Gasteiger partial charge in [-0.05, 0) is 0 Å². The highest BCUT2D eigenvalue weighted by molar-refractivity contribution is 5.86. The summed E-state index contributed by atoms with van der Waals surface area (Å²) in [6.45, 7) is 0. The number of imide groups is 1. The second kappa shape index (κ2) is 2.57. The third kappa shape index (κ3) is 1.38. The van der Waals surface area contributed by atoms with Gasteiger partial charge in [-0.2, -0.15) is 0 Å². The first-order valence-corrected chi connectivity index (χ1v) is 2.86. The van der Waals surface area contributed by atoms with Gasteiger partial charge < -0.3 is 4.79 Å². The number of urea groups is 1. The van der Waals surface area contributed by atoms with Gasteiger partial charge in [0.05, 0.1) is 6.42 Å². The Balaban J connectivity index is 2.58. The van der Waals surface area contributed by atoms with Gasteiger partial charge in [0.25, 0.3) is 0 Å². The molecule has 0 aromatic carbocycles. The molecule has 1 fully saturated rings. The van der Waals surface area contributed by atoms with Crippen LogP contribution in [0.5, 0.6) is 0 Å². The highest BCUT2D eigenvalue weighted by atomic mass is 16.2. The van der Waals surface area contributed by atoms with Crippen molar-refractivity contribution in [2.75, 3.05) is 0 Å². The van der Waals surface area contributed by atoms with Crippen LogP contribution in [0.2, 0.25) is 0 Å². The van der Waals surface area contributed by atoms with Crippen molar-refractivity contribution >= 4 is 18.2 Å². The zero-order valence-electron chi connectivity index (χ0n) is 5.16. The van der Waals surface area contributed by atoms with Crippen LogP contribution in [0.4, 0.5) is 4.79 Å². The van der Waals surface area contributed by atoms with Gasteiger partial charge in [-0.3, -0.25) is 5.32 Å². The van der Waals surface area contributed by atoms with Crippen molar-refractivity contribution in [1.82, 2.24) is 5.32 Å². The fraction of sp³-hybridized carbons (Fsp3) is 0.400. The molecule has 1 atom stereocenters. The van der Waals surface area contributed by atoms with Gasteiger partial charge in [0.1, 0.15) is 12.3 Å². The summed E-state index contributed by atoms with van der Waals surface area (Å²) >= 11 is 0. The molecule has 3 N–H and O–H groups in total. The molecule has 1 saturated heterocycles. The number of primary amides is 2. The Morgan fingerprint density at radius 3 is 2.80 bits per heavy atom. The topological polar surface area (TPSA) is 79.8 Å². The summed E-state index contributed by atoms with van der Waals surface area (Å²) in [5, 5.41) is 3.27. The van der Waals surface area contributed by atoms with Gasteiger partial charge in [-0.25, -0.2) is 14.9 Å². The van der Waals surface area contributed by atoms with Crippen molar-refractivity contribution in [1.29, 1.82) is 0 Å². The Labute approximate surface area is 56.8 Å². The molecule has 1 aliphatic rings. The maximum absolute atomic E-state index is 10.6. The van der Waals surface area contributed by atoms with Crippen molar-refractivity contribution < 1.29 is 19.7 Å². The molecule has 0 radical (unpaired) electrons. The maximum atomic E-state index is 10.6. The van der Waals surface area contributed by atoms with E-state index in [-0.39, 0.29) is 12.3 Å². The molecule has 0 aromatic heterocycles. The van der Waals surface area contributed by atoms with Gasteiger partial charge in [0.15, 0.2) is 0 Å². The minimum atomic E-state index is -0.620. The average Bonchev–Trinajstić information content (AvgIpc) is 1.85. The normalized spacial score (nSPS) is 25.8. The maximum Gasteiger partial charge on any atom is 0.421 e. The zero-order valence-corrected chi connectivity index (χ0v) is 5.16. The highest BCUT2D eigenvalue weighted by Gasteiger charge is 2.27. The van der Waals surface area contributed by atoms with E-state index in [2.05, 4.69) is 5.32 Å². The van der Waals surface area contributed by atoms with E-state index in [9.17, 15) is 14.4 Å². The number of hydrogen-bond acceptors (Lipinski definition) is 3. The molecule has 1 rings (SSSR count). The minimum absolute atomic E-state index is 0.0925. The number of rotatable bonds is 1. The lowest BCUT2D eigenvalue weighted by Gasteiger charge is -2.12. The van der Waals surface area contributed by atoms with Crippen molar-refractivity contribution in [3.05, 3.63) is 0 Å². The molecule has 0 bridgehead atoms. The number of nitrogens with one attached hydrogen (secondary N) is 1. The van der Waals surface area contributed by atoms with E-state index in [0.717, 1.165) is 5.32 Å². The molecule has 3 amide bonds. The van der Waals surface area contributed by atoms with Crippen molar-refractivity contribution in [2.24, 2.45) is 0 Å². The number of carbonyl (C=O) groups is 3. The quantitative estimate of drug-likeness (QED) is 0.407. The Morgan fingerprint density at radius 1 is 1.60 bits per heavy atom.